The molecule has 0 atom stereocenters. The smallest absolute Gasteiger partial charge is 0.227 e. The van der Waals surface area contributed by atoms with Crippen LogP contribution in [0.3, 0.4) is 0 Å². The third-order valence-electron chi connectivity index (χ3n) is 22.3. The maximum absolute atomic E-state index is 14.1. The molecule has 0 saturated heterocycles. The second kappa shape index (κ2) is 46.1. The largest absolute Gasteiger partial charge is 0.477 e. The van der Waals surface area contributed by atoms with E-state index in [0.717, 1.165) is 0 Å². The van der Waals surface area contributed by atoms with Crippen LogP contribution in [0.25, 0.3) is 83.0 Å². The molecule has 756 valence electrons. The number of fused-ring (bicyclic) bond motifs is 5. The summed E-state index contributed by atoms with van der Waals surface area (Å²) in [5, 5.41) is 17.1. The van der Waals surface area contributed by atoms with Gasteiger partial charge in [-0.3, -0.25) is 46.8 Å². The fraction of sp³-hybridized carbons (Fsp3) is 0.123. The molecule has 0 spiro atoms. The number of nitrogens with zero attached hydrogens (tertiary/aromatic N) is 10. The summed E-state index contributed by atoms with van der Waals surface area (Å²) in [6.07, 6.45) is -0.363. The van der Waals surface area contributed by atoms with Crippen LogP contribution in [0.5, 0.6) is 17.6 Å². The van der Waals surface area contributed by atoms with Crippen molar-refractivity contribution in [2.24, 2.45) is 0 Å². The van der Waals surface area contributed by atoms with Gasteiger partial charge in [0.15, 0.2) is 27.1 Å². The molecule has 0 bridgehead atoms. The molecule has 20 aromatic rings. The Bertz CT molecular complexity index is 8790. The van der Waals surface area contributed by atoms with Gasteiger partial charge in [-0.1, -0.05) is 67.0 Å². The minimum Gasteiger partial charge on any atom is -0.477 e. The molecule has 23 nitrogen and oxygen atoms in total. The van der Waals surface area contributed by atoms with Crippen LogP contribution in [-0.4, -0.2) is 66.6 Å². The van der Waals surface area contributed by atoms with Crippen molar-refractivity contribution in [3.05, 3.63) is 451 Å². The fourth-order valence-corrected chi connectivity index (χ4v) is 17.0. The molecule has 35 heteroatoms. The van der Waals surface area contributed by atoms with Gasteiger partial charge in [0.25, 0.3) is 0 Å². The number of rotatable bonds is 21. The highest BCUT2D eigenvalue weighted by Crippen LogP contribution is 2.38. The van der Waals surface area contributed by atoms with E-state index in [2.05, 4.69) is 51.5 Å². The van der Waals surface area contributed by atoms with Gasteiger partial charge >= 0.3 is 0 Å². The normalized spacial score (nSPS) is 11.0. The highest BCUT2D eigenvalue weighted by Gasteiger charge is 2.26. The van der Waals surface area contributed by atoms with Crippen molar-refractivity contribution in [2.45, 2.75) is 88.9 Å². The van der Waals surface area contributed by atoms with E-state index in [1.54, 1.807) is 209 Å². The van der Waals surface area contributed by atoms with Crippen LogP contribution in [0.15, 0.2) is 327 Å². The molecule has 0 saturated carbocycles. The van der Waals surface area contributed by atoms with Gasteiger partial charge in [-0.2, -0.15) is 0 Å². The first-order valence-corrected chi connectivity index (χ1v) is 46.8. The first kappa shape index (κ1) is 106. The number of benzene rings is 10. The summed E-state index contributed by atoms with van der Waals surface area (Å²) in [4.78, 5) is 86.1. The number of anilines is 10. The predicted octanol–water partition coefficient (Wildman–Crippen LogP) is 27.5. The van der Waals surface area contributed by atoms with E-state index in [0.29, 0.717) is 154 Å². The summed E-state index contributed by atoms with van der Waals surface area (Å²) in [5.74, 6) is -1.40. The second-order valence-electron chi connectivity index (χ2n) is 34.3. The Balaban J connectivity index is 0.000000139. The van der Waals surface area contributed by atoms with E-state index < -0.39 is 34.9 Å². The number of pyridine rings is 10. The Hall–Kier alpha value is -17.7. The lowest BCUT2D eigenvalue weighted by Crippen LogP contribution is -2.16. The van der Waals surface area contributed by atoms with Crippen LogP contribution in [-0.2, 0) is 0 Å². The molecule has 0 aliphatic heterocycles. The Morgan fingerprint density at radius 2 is 0.490 bits per heavy atom. The van der Waals surface area contributed by atoms with E-state index >= 15 is 0 Å². The first-order chi connectivity index (χ1) is 70.9. The average Bonchev–Trinajstić information content (AvgIpc) is 0.763. The molecule has 0 aliphatic carbocycles. The van der Waals surface area contributed by atoms with Crippen LogP contribution in [0.1, 0.15) is 70.5 Å². The van der Waals surface area contributed by atoms with Gasteiger partial charge in [0, 0.05) is 98.6 Å². The van der Waals surface area contributed by atoms with Crippen molar-refractivity contribution >= 4 is 135 Å². The van der Waals surface area contributed by atoms with E-state index in [-0.39, 0.29) is 120 Å². The lowest BCUT2D eigenvalue weighted by Gasteiger charge is -2.20. The van der Waals surface area contributed by atoms with Crippen molar-refractivity contribution in [1.29, 1.82) is 0 Å². The lowest BCUT2D eigenvalue weighted by atomic mass is 10.2. The molecular formula is C114H93Cl2F10N15O8. The molecule has 0 aliphatic rings. The zero-order valence-corrected chi connectivity index (χ0v) is 82.0. The molecule has 20 rings (SSSR count). The summed E-state index contributed by atoms with van der Waals surface area (Å²) in [7, 11) is 0. The Morgan fingerprint density at radius 1 is 0.262 bits per heavy atom. The summed E-state index contributed by atoms with van der Waals surface area (Å²) in [6, 6.07) is 74.5. The first-order valence-electron chi connectivity index (χ1n) is 46.0. The zero-order chi connectivity index (χ0) is 105. The standard InChI is InChI=1S/2C24H21F2N3O2.C23H19F2N3O2.2C21H14ClF2N3O.CH4/c1-14(2)31-24-23-20(12-15(3)27-24)29(19-10-6-17(26)7-11-19)22(13-21(23)30)28-18-8-4-16(25)5-9-18;1-14(2)31-24-23-20(10-15(3)27-24)29(19-9-5-7-17(26)12-19)22(13-21(23)30)28-18-8-4-6-16(25)11-18;1-3-30-23-22-19(10-14(2)26-23)28(18-9-5-7-16(25)12-18)21(13-20(22)29)27-17-8-4-6-15(24)11-17;1-12-10-17-20(21(22)25-12)18(28)11-19(26-15-6-2-13(23)3-7-15)27(17)16-8-4-14(24)5-9-16;1-12-8-17-20(21(22)25-12)18(28)11-19(26-15-6-2-4-13(23)9-15)27(17)16-7-3-5-14(24)10-16;/h2*4-14,28H,1-3H3;4-13,27H,3H2,1-2H3;2*2-11,26H,1H3;1H4. The number of aryl methyl sites for hydroxylation is 5. The number of halogens is 12. The number of ether oxygens (including phenoxy) is 3. The molecule has 10 aromatic heterocycles. The van der Waals surface area contributed by atoms with Crippen LogP contribution < -0.4 is 67.9 Å². The number of hydrogen-bond donors (Lipinski definition) is 5. The predicted molar refractivity (Wildman–Crippen MR) is 568 cm³/mol. The fourth-order valence-electron chi connectivity index (χ4n) is 16.3. The van der Waals surface area contributed by atoms with Gasteiger partial charge in [-0.05, 0) is 306 Å². The average molecular weight is 2060 g/mol. The Morgan fingerprint density at radius 3 is 0.758 bits per heavy atom. The highest BCUT2D eigenvalue weighted by molar-refractivity contribution is 6.34. The Labute approximate surface area is 855 Å². The van der Waals surface area contributed by atoms with Gasteiger partial charge in [0.05, 0.1) is 74.2 Å². The van der Waals surface area contributed by atoms with Gasteiger partial charge in [-0.15, -0.1) is 0 Å². The summed E-state index contributed by atoms with van der Waals surface area (Å²) >= 11 is 12.5. The van der Waals surface area contributed by atoms with E-state index in [1.165, 1.54) is 152 Å². The molecule has 0 fully saturated rings. The lowest BCUT2D eigenvalue weighted by molar-refractivity contribution is 0.235. The number of hydrogen-bond acceptors (Lipinski definition) is 18. The molecule has 5 N–H and O–H groups in total. The Kier molecular flexibility index (Phi) is 32.7. The van der Waals surface area contributed by atoms with Crippen molar-refractivity contribution in [1.82, 2.24) is 47.8 Å². The van der Waals surface area contributed by atoms with Gasteiger partial charge in [0.1, 0.15) is 114 Å². The van der Waals surface area contributed by atoms with Crippen molar-refractivity contribution in [2.75, 3.05) is 33.2 Å². The number of nitrogens with one attached hydrogen (secondary N) is 5. The second-order valence-corrected chi connectivity index (χ2v) is 35.0. The molecule has 0 radical (unpaired) electrons. The molecule has 149 heavy (non-hydrogen) atoms. The highest BCUT2D eigenvalue weighted by atomic mass is 35.5. The quantitative estimate of drug-likeness (QED) is 0.0331. The number of aromatic nitrogens is 10. The van der Waals surface area contributed by atoms with Gasteiger partial charge in [-0.25, -0.2) is 68.8 Å². The molecule has 0 amide bonds. The minimum atomic E-state index is -0.432. The van der Waals surface area contributed by atoms with Crippen molar-refractivity contribution < 1.29 is 58.1 Å². The topological polar surface area (TPSA) is 262 Å². The van der Waals surface area contributed by atoms with Crippen LogP contribution in [0, 0.1) is 92.8 Å². The summed E-state index contributed by atoms with van der Waals surface area (Å²) in [6.45, 7) is 18.5. The maximum atomic E-state index is 14.1. The van der Waals surface area contributed by atoms with Gasteiger partial charge in [0.2, 0.25) is 17.6 Å². The van der Waals surface area contributed by atoms with Crippen molar-refractivity contribution in [3.63, 3.8) is 0 Å². The van der Waals surface area contributed by atoms with Crippen LogP contribution >= 0.6 is 23.2 Å². The van der Waals surface area contributed by atoms with Gasteiger partial charge < -0.3 is 40.8 Å². The molecule has 10 aromatic carbocycles. The minimum absolute atomic E-state index is 0. The third-order valence-corrected chi connectivity index (χ3v) is 22.8. The third kappa shape index (κ3) is 24.9. The summed E-state index contributed by atoms with van der Waals surface area (Å²) < 4.78 is 163. The SMILES string of the molecule is C.CCOc1nc(C)cc2c1c(=O)cc(Nc1cccc(F)c1)n2-c1cccc(F)c1.Cc1cc2c(c(Cl)n1)c(=O)cc(Nc1ccc(F)cc1)n2-c1ccc(F)cc1.Cc1cc2c(c(Cl)n1)c(=O)cc(Nc1cccc(F)c1)n2-c1cccc(F)c1.Cc1cc2c(c(OC(C)C)n1)c(=O)cc(Nc1ccc(F)cc1)n2-c1ccc(F)cc1.Cc1cc2c(c(OC(C)C)n1)c(=O)cc(Nc1cccc(F)c1)n2-c1cccc(F)c1. The van der Waals surface area contributed by atoms with Crippen LogP contribution in [0.4, 0.5) is 101 Å². The maximum Gasteiger partial charge on any atom is 0.227 e. The molecular weight excluding hydrogens is 1970 g/mol. The van der Waals surface area contributed by atoms with E-state index in [1.807, 2.05) is 34.6 Å². The van der Waals surface area contributed by atoms with Crippen molar-refractivity contribution in [3.8, 4) is 46.1 Å². The van der Waals surface area contributed by atoms with E-state index in [9.17, 15) is 67.9 Å². The van der Waals surface area contributed by atoms with Crippen LogP contribution in [0.2, 0.25) is 10.3 Å². The zero-order valence-electron chi connectivity index (χ0n) is 80.5. The molecule has 0 unspecified atom stereocenters. The molecule has 10 heterocycles. The summed E-state index contributed by atoms with van der Waals surface area (Å²) in [5.41, 5.74) is 9.43. The monoisotopic (exact) mass is 2060 g/mol. The van der Waals surface area contributed by atoms with E-state index in [4.69, 9.17) is 37.4 Å².